The van der Waals surface area contributed by atoms with Crippen LogP contribution in [-0.2, 0) is 0 Å². The van der Waals surface area contributed by atoms with Gasteiger partial charge in [-0.1, -0.05) is 11.6 Å². The zero-order valence-corrected chi connectivity index (χ0v) is 11.3. The van der Waals surface area contributed by atoms with E-state index in [4.69, 9.17) is 11.6 Å². The summed E-state index contributed by atoms with van der Waals surface area (Å²) in [5.41, 5.74) is 0.568. The molecule has 0 aliphatic heterocycles. The number of carbonyl (C=O) groups excluding carboxylic acids is 1. The normalized spacial score (nSPS) is 10.2. The van der Waals surface area contributed by atoms with Crippen LogP contribution >= 0.6 is 27.5 Å². The second-order valence-corrected chi connectivity index (χ2v) is 4.67. The van der Waals surface area contributed by atoms with Gasteiger partial charge in [0.25, 0.3) is 5.91 Å². The standard InChI is InChI=1S/C12H7BrClFN2O/c13-8-2-1-5-16-11(8)12(18)17-10-4-3-7(15)6-9(10)14/h1-6H,(H,17,18). The van der Waals surface area contributed by atoms with Gasteiger partial charge in [0.1, 0.15) is 11.5 Å². The Morgan fingerprint density at radius 1 is 1.39 bits per heavy atom. The zero-order valence-electron chi connectivity index (χ0n) is 8.95. The number of benzene rings is 1. The maximum Gasteiger partial charge on any atom is 0.275 e. The van der Waals surface area contributed by atoms with Gasteiger partial charge < -0.3 is 5.32 Å². The largest absolute Gasteiger partial charge is 0.319 e. The Balaban J connectivity index is 2.24. The van der Waals surface area contributed by atoms with Crippen molar-refractivity contribution in [2.24, 2.45) is 0 Å². The molecule has 0 radical (unpaired) electrons. The molecule has 1 aromatic carbocycles. The van der Waals surface area contributed by atoms with Crippen molar-refractivity contribution in [3.63, 3.8) is 0 Å². The van der Waals surface area contributed by atoms with Crippen LogP contribution in [0.5, 0.6) is 0 Å². The molecular weight excluding hydrogens is 322 g/mol. The van der Waals surface area contributed by atoms with E-state index in [2.05, 4.69) is 26.2 Å². The number of pyridine rings is 1. The molecule has 2 rings (SSSR count). The molecule has 0 bridgehead atoms. The van der Waals surface area contributed by atoms with Gasteiger partial charge in [0, 0.05) is 10.7 Å². The van der Waals surface area contributed by atoms with E-state index in [-0.39, 0.29) is 10.7 Å². The second kappa shape index (κ2) is 5.46. The Bertz CT molecular complexity index is 606. The van der Waals surface area contributed by atoms with Gasteiger partial charge in [0.05, 0.1) is 10.7 Å². The first-order valence-corrected chi connectivity index (χ1v) is 6.12. The Morgan fingerprint density at radius 2 is 2.17 bits per heavy atom. The minimum atomic E-state index is -0.461. The van der Waals surface area contributed by atoms with Gasteiger partial charge in [-0.3, -0.25) is 4.79 Å². The predicted molar refractivity (Wildman–Crippen MR) is 71.3 cm³/mol. The number of halogens is 3. The molecule has 1 amide bonds. The molecule has 0 aliphatic rings. The number of rotatable bonds is 2. The van der Waals surface area contributed by atoms with E-state index in [0.29, 0.717) is 10.2 Å². The molecule has 6 heteroatoms. The van der Waals surface area contributed by atoms with E-state index in [1.807, 2.05) is 0 Å². The van der Waals surface area contributed by atoms with Gasteiger partial charge in [-0.2, -0.15) is 0 Å². The summed E-state index contributed by atoms with van der Waals surface area (Å²) in [6, 6.07) is 7.14. The molecule has 0 aliphatic carbocycles. The van der Waals surface area contributed by atoms with Crippen LogP contribution in [0.3, 0.4) is 0 Å². The summed E-state index contributed by atoms with van der Waals surface area (Å²) in [7, 11) is 0. The summed E-state index contributed by atoms with van der Waals surface area (Å²) in [6.07, 6.45) is 1.51. The summed E-state index contributed by atoms with van der Waals surface area (Å²) in [4.78, 5) is 15.9. The molecule has 1 aromatic heterocycles. The van der Waals surface area contributed by atoms with Crippen molar-refractivity contribution >= 4 is 39.1 Å². The molecular formula is C12H7BrClFN2O. The van der Waals surface area contributed by atoms with Crippen LogP contribution in [0.15, 0.2) is 41.0 Å². The molecule has 0 atom stereocenters. The first-order chi connectivity index (χ1) is 8.58. The fourth-order valence-electron chi connectivity index (χ4n) is 1.33. The minimum absolute atomic E-state index is 0.135. The van der Waals surface area contributed by atoms with E-state index in [9.17, 15) is 9.18 Å². The van der Waals surface area contributed by atoms with E-state index in [0.717, 1.165) is 6.07 Å². The first-order valence-electron chi connectivity index (χ1n) is 4.95. The lowest BCUT2D eigenvalue weighted by Crippen LogP contribution is -2.14. The maximum atomic E-state index is 12.9. The third kappa shape index (κ3) is 2.86. The Kier molecular flexibility index (Phi) is 3.93. The number of amides is 1. The fraction of sp³-hybridized carbons (Fsp3) is 0. The van der Waals surface area contributed by atoms with E-state index >= 15 is 0 Å². The van der Waals surface area contributed by atoms with Crippen LogP contribution in [0.25, 0.3) is 0 Å². The van der Waals surface area contributed by atoms with Crippen molar-refractivity contribution in [3.8, 4) is 0 Å². The fourth-order valence-corrected chi connectivity index (χ4v) is 1.97. The van der Waals surface area contributed by atoms with Crippen LogP contribution in [-0.4, -0.2) is 10.9 Å². The van der Waals surface area contributed by atoms with E-state index < -0.39 is 11.7 Å². The molecule has 18 heavy (non-hydrogen) atoms. The summed E-state index contributed by atoms with van der Waals surface area (Å²) in [5.74, 6) is -0.881. The monoisotopic (exact) mass is 328 g/mol. The van der Waals surface area contributed by atoms with Crippen molar-refractivity contribution in [1.82, 2.24) is 4.98 Å². The molecule has 0 saturated carbocycles. The smallest absolute Gasteiger partial charge is 0.275 e. The molecule has 1 N–H and O–H groups in total. The number of hydrogen-bond donors (Lipinski definition) is 1. The highest BCUT2D eigenvalue weighted by Crippen LogP contribution is 2.23. The number of anilines is 1. The van der Waals surface area contributed by atoms with Crippen molar-refractivity contribution < 1.29 is 9.18 Å². The minimum Gasteiger partial charge on any atom is -0.319 e. The number of carbonyl (C=O) groups is 1. The van der Waals surface area contributed by atoms with Crippen LogP contribution in [0.4, 0.5) is 10.1 Å². The Hall–Kier alpha value is -1.46. The van der Waals surface area contributed by atoms with E-state index in [1.54, 1.807) is 12.1 Å². The van der Waals surface area contributed by atoms with Gasteiger partial charge in [0.2, 0.25) is 0 Å². The summed E-state index contributed by atoms with van der Waals surface area (Å²) >= 11 is 9.04. The lowest BCUT2D eigenvalue weighted by molar-refractivity contribution is 0.102. The molecule has 2 aromatic rings. The highest BCUT2D eigenvalue weighted by atomic mass is 79.9. The summed E-state index contributed by atoms with van der Waals surface area (Å²) < 4.78 is 13.4. The van der Waals surface area contributed by atoms with Crippen molar-refractivity contribution in [2.45, 2.75) is 0 Å². The third-order valence-electron chi connectivity index (χ3n) is 2.15. The van der Waals surface area contributed by atoms with Crippen molar-refractivity contribution in [2.75, 3.05) is 5.32 Å². The average molecular weight is 330 g/mol. The van der Waals surface area contributed by atoms with Crippen LogP contribution in [0.1, 0.15) is 10.5 Å². The third-order valence-corrected chi connectivity index (χ3v) is 3.11. The lowest BCUT2D eigenvalue weighted by Gasteiger charge is -2.07. The second-order valence-electron chi connectivity index (χ2n) is 3.41. The Labute approximate surface area is 116 Å². The van der Waals surface area contributed by atoms with Crippen LogP contribution < -0.4 is 5.32 Å². The molecule has 0 spiro atoms. The lowest BCUT2D eigenvalue weighted by atomic mass is 10.3. The highest BCUT2D eigenvalue weighted by Gasteiger charge is 2.13. The van der Waals surface area contributed by atoms with Gasteiger partial charge >= 0.3 is 0 Å². The molecule has 0 saturated heterocycles. The molecule has 0 fully saturated rings. The SMILES string of the molecule is O=C(Nc1ccc(F)cc1Cl)c1ncccc1Br. The van der Waals surface area contributed by atoms with Gasteiger partial charge in [-0.15, -0.1) is 0 Å². The number of hydrogen-bond acceptors (Lipinski definition) is 2. The number of nitrogens with zero attached hydrogens (tertiary/aromatic N) is 1. The van der Waals surface area contributed by atoms with Crippen molar-refractivity contribution in [1.29, 1.82) is 0 Å². The van der Waals surface area contributed by atoms with Gasteiger partial charge in [0.15, 0.2) is 0 Å². The maximum absolute atomic E-state index is 12.9. The quantitative estimate of drug-likeness (QED) is 0.908. The summed E-state index contributed by atoms with van der Waals surface area (Å²) in [6.45, 7) is 0. The van der Waals surface area contributed by atoms with E-state index in [1.165, 1.54) is 18.3 Å². The number of nitrogens with one attached hydrogen (secondary N) is 1. The molecule has 92 valence electrons. The van der Waals surface area contributed by atoms with Crippen LogP contribution in [0.2, 0.25) is 5.02 Å². The molecule has 3 nitrogen and oxygen atoms in total. The zero-order chi connectivity index (χ0) is 13.1. The topological polar surface area (TPSA) is 42.0 Å². The summed E-state index contributed by atoms with van der Waals surface area (Å²) in [5, 5.41) is 2.70. The molecule has 1 heterocycles. The van der Waals surface area contributed by atoms with Gasteiger partial charge in [-0.25, -0.2) is 9.37 Å². The van der Waals surface area contributed by atoms with Crippen LogP contribution in [0, 0.1) is 5.82 Å². The Morgan fingerprint density at radius 3 is 2.83 bits per heavy atom. The number of aromatic nitrogens is 1. The highest BCUT2D eigenvalue weighted by molar-refractivity contribution is 9.10. The molecule has 0 unspecified atom stereocenters. The predicted octanol–water partition coefficient (Wildman–Crippen LogP) is 3.89. The van der Waals surface area contributed by atoms with Gasteiger partial charge in [-0.05, 0) is 46.3 Å². The van der Waals surface area contributed by atoms with Crippen molar-refractivity contribution in [3.05, 3.63) is 57.5 Å². The average Bonchev–Trinajstić information content (AvgIpc) is 2.33. The first kappa shape index (κ1) is 13.0.